The minimum absolute atomic E-state index is 0.0916. The molecule has 1 aromatic carbocycles. The van der Waals surface area contributed by atoms with Gasteiger partial charge in [0.15, 0.2) is 11.5 Å². The molecule has 0 saturated carbocycles. The first kappa shape index (κ1) is 17.8. The molecule has 0 aliphatic carbocycles. The third kappa shape index (κ3) is 4.36. The van der Waals surface area contributed by atoms with E-state index in [1.165, 1.54) is 0 Å². The van der Waals surface area contributed by atoms with E-state index >= 15 is 0 Å². The number of aromatic nitrogens is 4. The van der Waals surface area contributed by atoms with Crippen LogP contribution in [0, 0.1) is 12.8 Å². The van der Waals surface area contributed by atoms with Crippen LogP contribution in [0.25, 0.3) is 5.65 Å². The van der Waals surface area contributed by atoms with Gasteiger partial charge in [-0.25, -0.2) is 0 Å². The van der Waals surface area contributed by atoms with E-state index in [1.807, 2.05) is 43.3 Å². The third-order valence-electron chi connectivity index (χ3n) is 3.97. The van der Waals surface area contributed by atoms with Crippen molar-refractivity contribution in [3.05, 3.63) is 53.3 Å². The van der Waals surface area contributed by atoms with Crippen LogP contribution in [0.15, 0.2) is 36.4 Å². The molecule has 0 saturated heterocycles. The Morgan fingerprint density at radius 3 is 2.62 bits per heavy atom. The summed E-state index contributed by atoms with van der Waals surface area (Å²) in [6, 6.07) is 11.3. The molecule has 7 nitrogen and oxygen atoms in total. The normalized spacial score (nSPS) is 11.1. The number of carbonyl (C=O) groups is 1. The van der Waals surface area contributed by atoms with Crippen molar-refractivity contribution in [1.29, 1.82) is 0 Å². The molecule has 2 heterocycles. The number of anilines is 1. The molecule has 3 aromatic rings. The highest BCUT2D eigenvalue weighted by Gasteiger charge is 2.09. The number of aryl methyl sites for hydroxylation is 1. The zero-order valence-corrected chi connectivity index (χ0v) is 15.4. The summed E-state index contributed by atoms with van der Waals surface area (Å²) in [5.74, 6) is 1.95. The zero-order chi connectivity index (χ0) is 18.5. The summed E-state index contributed by atoms with van der Waals surface area (Å²) in [5, 5.41) is 19.1. The Balaban J connectivity index is 1.62. The summed E-state index contributed by atoms with van der Waals surface area (Å²) in [5.41, 5.74) is 2.48. The molecule has 0 fully saturated rings. The average Bonchev–Trinajstić information content (AvgIpc) is 3.03. The first-order valence-corrected chi connectivity index (χ1v) is 8.83. The van der Waals surface area contributed by atoms with Gasteiger partial charge in [0.1, 0.15) is 5.82 Å². The molecule has 1 amide bonds. The maximum Gasteiger partial charge on any atom is 0.251 e. The van der Waals surface area contributed by atoms with Gasteiger partial charge in [0.25, 0.3) is 5.91 Å². The zero-order valence-electron chi connectivity index (χ0n) is 15.4. The lowest BCUT2D eigenvalue weighted by molar-refractivity contribution is 0.0954. The van der Waals surface area contributed by atoms with Gasteiger partial charge in [-0.3, -0.25) is 4.79 Å². The second-order valence-corrected chi connectivity index (χ2v) is 6.75. The van der Waals surface area contributed by atoms with E-state index in [2.05, 4.69) is 39.8 Å². The fourth-order valence-electron chi connectivity index (χ4n) is 2.49. The molecule has 0 aliphatic heterocycles. The van der Waals surface area contributed by atoms with Crippen molar-refractivity contribution < 1.29 is 4.79 Å². The number of hydrogen-bond acceptors (Lipinski definition) is 5. The van der Waals surface area contributed by atoms with Crippen LogP contribution >= 0.6 is 0 Å². The maximum atomic E-state index is 12.2. The van der Waals surface area contributed by atoms with E-state index in [1.54, 1.807) is 4.52 Å². The van der Waals surface area contributed by atoms with E-state index in [0.29, 0.717) is 30.1 Å². The van der Waals surface area contributed by atoms with Crippen LogP contribution in [-0.4, -0.2) is 38.8 Å². The Kier molecular flexibility index (Phi) is 5.46. The molecule has 0 unspecified atom stereocenters. The quantitative estimate of drug-likeness (QED) is 0.682. The lowest BCUT2D eigenvalue weighted by Crippen LogP contribution is -2.26. The minimum atomic E-state index is -0.0916. The summed E-state index contributed by atoms with van der Waals surface area (Å²) in [6.07, 6.45) is 0.555. The molecule has 0 atom stereocenters. The van der Waals surface area contributed by atoms with Gasteiger partial charge in [-0.1, -0.05) is 31.5 Å². The molecule has 0 radical (unpaired) electrons. The molecule has 3 rings (SSSR count). The minimum Gasteiger partial charge on any atom is -0.368 e. The number of fused-ring (bicyclic) bond motifs is 1. The maximum absolute atomic E-state index is 12.2. The number of rotatable bonds is 7. The fourth-order valence-corrected chi connectivity index (χ4v) is 2.49. The second-order valence-electron chi connectivity index (χ2n) is 6.75. The molecule has 2 N–H and O–H groups in total. The molecule has 0 spiro atoms. The van der Waals surface area contributed by atoms with Gasteiger partial charge >= 0.3 is 0 Å². The van der Waals surface area contributed by atoms with Crippen molar-refractivity contribution in [2.75, 3.05) is 18.4 Å². The van der Waals surface area contributed by atoms with Gasteiger partial charge in [0, 0.05) is 25.1 Å². The number of carbonyl (C=O) groups excluding carboxylic acids is 1. The van der Waals surface area contributed by atoms with Gasteiger partial charge in [-0.05, 0) is 37.1 Å². The highest BCUT2D eigenvalue weighted by Crippen LogP contribution is 2.08. The summed E-state index contributed by atoms with van der Waals surface area (Å²) in [6.45, 7) is 7.61. The van der Waals surface area contributed by atoms with Crippen LogP contribution in [0.4, 0.5) is 5.82 Å². The van der Waals surface area contributed by atoms with Crippen LogP contribution in [0.1, 0.15) is 35.6 Å². The fraction of sp³-hybridized carbons (Fsp3) is 0.368. The first-order valence-electron chi connectivity index (χ1n) is 8.83. The van der Waals surface area contributed by atoms with Crippen LogP contribution in [0.3, 0.4) is 0 Å². The van der Waals surface area contributed by atoms with Gasteiger partial charge < -0.3 is 10.6 Å². The summed E-state index contributed by atoms with van der Waals surface area (Å²) >= 11 is 0. The molecular formula is C19H24N6O. The Bertz CT molecular complexity index is 885. The second kappa shape index (κ2) is 7.95. The monoisotopic (exact) mass is 352 g/mol. The number of benzene rings is 1. The molecule has 7 heteroatoms. The topological polar surface area (TPSA) is 84.2 Å². The number of amides is 1. The molecule has 0 aliphatic rings. The van der Waals surface area contributed by atoms with Gasteiger partial charge in [0.2, 0.25) is 0 Å². The van der Waals surface area contributed by atoms with Crippen molar-refractivity contribution >= 4 is 17.4 Å². The Morgan fingerprint density at radius 2 is 1.88 bits per heavy atom. The number of nitrogens with zero attached hydrogens (tertiary/aromatic N) is 4. The first-order chi connectivity index (χ1) is 12.5. The third-order valence-corrected chi connectivity index (χ3v) is 3.97. The standard InChI is InChI=1S/C19H24N6O/c1-13(2)12-21-16-8-9-17-22-23-18(25(17)24-16)10-11-20-19(26)15-6-4-14(3)5-7-15/h4-9,13H,10-12H2,1-3H3,(H,20,26)(H,21,24). The number of hydrogen-bond donors (Lipinski definition) is 2. The van der Waals surface area contributed by atoms with E-state index in [9.17, 15) is 4.79 Å². The Labute approximate surface area is 152 Å². The lowest BCUT2D eigenvalue weighted by atomic mass is 10.1. The van der Waals surface area contributed by atoms with Crippen LogP contribution < -0.4 is 10.6 Å². The summed E-state index contributed by atoms with van der Waals surface area (Å²) in [7, 11) is 0. The van der Waals surface area contributed by atoms with Crippen molar-refractivity contribution in [1.82, 2.24) is 25.1 Å². The van der Waals surface area contributed by atoms with Crippen LogP contribution in [0.2, 0.25) is 0 Å². The van der Waals surface area contributed by atoms with Crippen LogP contribution in [0.5, 0.6) is 0 Å². The predicted molar refractivity (Wildman–Crippen MR) is 101 cm³/mol. The SMILES string of the molecule is Cc1ccc(C(=O)NCCc2nnc3ccc(NCC(C)C)nn23)cc1. The highest BCUT2D eigenvalue weighted by molar-refractivity contribution is 5.94. The largest absolute Gasteiger partial charge is 0.368 e. The Hall–Kier alpha value is -2.96. The van der Waals surface area contributed by atoms with E-state index < -0.39 is 0 Å². The van der Waals surface area contributed by atoms with Gasteiger partial charge in [-0.2, -0.15) is 4.52 Å². The molecule has 0 bridgehead atoms. The lowest BCUT2D eigenvalue weighted by Gasteiger charge is -2.08. The van der Waals surface area contributed by atoms with Crippen molar-refractivity contribution in [3.8, 4) is 0 Å². The van der Waals surface area contributed by atoms with E-state index in [4.69, 9.17) is 0 Å². The van der Waals surface area contributed by atoms with Crippen molar-refractivity contribution in [3.63, 3.8) is 0 Å². The average molecular weight is 352 g/mol. The number of nitrogens with one attached hydrogen (secondary N) is 2. The van der Waals surface area contributed by atoms with Crippen LogP contribution in [-0.2, 0) is 6.42 Å². The van der Waals surface area contributed by atoms with Crippen molar-refractivity contribution in [2.45, 2.75) is 27.2 Å². The van der Waals surface area contributed by atoms with E-state index in [-0.39, 0.29) is 5.91 Å². The molecule has 2 aromatic heterocycles. The predicted octanol–water partition coefficient (Wildman–Crippen LogP) is 2.47. The highest BCUT2D eigenvalue weighted by atomic mass is 16.1. The summed E-state index contributed by atoms with van der Waals surface area (Å²) < 4.78 is 1.72. The van der Waals surface area contributed by atoms with Crippen molar-refractivity contribution in [2.24, 2.45) is 5.92 Å². The smallest absolute Gasteiger partial charge is 0.251 e. The Morgan fingerprint density at radius 1 is 1.12 bits per heavy atom. The van der Waals surface area contributed by atoms with Gasteiger partial charge in [0.05, 0.1) is 0 Å². The summed E-state index contributed by atoms with van der Waals surface area (Å²) in [4.78, 5) is 12.2. The molecule has 26 heavy (non-hydrogen) atoms. The molecule has 136 valence electrons. The molecular weight excluding hydrogens is 328 g/mol. The van der Waals surface area contributed by atoms with E-state index in [0.717, 1.165) is 23.8 Å². The van der Waals surface area contributed by atoms with Gasteiger partial charge in [-0.15, -0.1) is 15.3 Å².